The lowest BCUT2D eigenvalue weighted by Gasteiger charge is -2.29. The molecule has 0 saturated carbocycles. The van der Waals surface area contributed by atoms with Gasteiger partial charge in [-0.15, -0.1) is 0 Å². The number of nitrogens with one attached hydrogen (secondary N) is 1. The normalized spacial score (nSPS) is 27.1. The maximum absolute atomic E-state index is 12.5. The van der Waals surface area contributed by atoms with Crippen LogP contribution in [0.15, 0.2) is 23.0 Å². The van der Waals surface area contributed by atoms with Crippen molar-refractivity contribution >= 4 is 5.91 Å². The lowest BCUT2D eigenvalue weighted by Crippen LogP contribution is -2.45. The Kier molecular flexibility index (Phi) is 3.58. The molecule has 6 heteroatoms. The zero-order valence-corrected chi connectivity index (χ0v) is 11.5. The monoisotopic (exact) mass is 277 g/mol. The molecule has 20 heavy (non-hydrogen) atoms. The van der Waals surface area contributed by atoms with Gasteiger partial charge in [-0.3, -0.25) is 14.5 Å². The smallest absolute Gasteiger partial charge is 0.270 e. The van der Waals surface area contributed by atoms with Gasteiger partial charge in [0.25, 0.3) is 5.91 Å². The molecule has 0 unspecified atom stereocenters. The van der Waals surface area contributed by atoms with Crippen molar-refractivity contribution in [3.05, 3.63) is 34.2 Å². The van der Waals surface area contributed by atoms with Crippen LogP contribution in [0.2, 0.25) is 0 Å². The predicted octanol–water partition coefficient (Wildman–Crippen LogP) is -0.222. The van der Waals surface area contributed by atoms with Crippen LogP contribution in [0.1, 0.15) is 10.5 Å². The van der Waals surface area contributed by atoms with Crippen LogP contribution >= 0.6 is 0 Å². The molecule has 3 rings (SSSR count). The van der Waals surface area contributed by atoms with Crippen molar-refractivity contribution in [2.45, 2.75) is 6.04 Å². The van der Waals surface area contributed by atoms with Gasteiger partial charge in [-0.1, -0.05) is 6.07 Å². The van der Waals surface area contributed by atoms with Crippen molar-refractivity contribution in [3.63, 3.8) is 0 Å². The lowest BCUT2D eigenvalue weighted by atomic mass is 10.1. The van der Waals surface area contributed by atoms with E-state index in [1.807, 2.05) is 4.90 Å². The minimum Gasteiger partial charge on any atom is -0.379 e. The summed E-state index contributed by atoms with van der Waals surface area (Å²) in [6.07, 6.45) is 0. The van der Waals surface area contributed by atoms with E-state index >= 15 is 0 Å². The van der Waals surface area contributed by atoms with Crippen LogP contribution < -0.4 is 5.56 Å². The Balaban J connectivity index is 1.83. The number of fused-ring (bicyclic) bond motifs is 3. The predicted molar refractivity (Wildman–Crippen MR) is 73.7 cm³/mol. The molecule has 0 spiro atoms. The number of carbonyl (C=O) groups is 1. The fourth-order valence-electron chi connectivity index (χ4n) is 2.96. The van der Waals surface area contributed by atoms with Gasteiger partial charge < -0.3 is 14.6 Å². The molecule has 1 aromatic heterocycles. The summed E-state index contributed by atoms with van der Waals surface area (Å²) in [5, 5.41) is 0. The Labute approximate surface area is 117 Å². The molecule has 1 N–H and O–H groups in total. The van der Waals surface area contributed by atoms with Gasteiger partial charge in [0.15, 0.2) is 0 Å². The second-order valence-electron chi connectivity index (χ2n) is 5.64. The maximum atomic E-state index is 12.5. The number of H-pyrrole nitrogens is 1. The van der Waals surface area contributed by atoms with Gasteiger partial charge in [-0.05, 0) is 13.1 Å². The van der Waals surface area contributed by atoms with Crippen LogP contribution in [-0.4, -0.2) is 66.6 Å². The van der Waals surface area contributed by atoms with Crippen molar-refractivity contribution in [2.24, 2.45) is 5.92 Å². The van der Waals surface area contributed by atoms with E-state index in [9.17, 15) is 9.59 Å². The number of ether oxygens (including phenoxy) is 1. The SMILES string of the molecule is CN1C[C@H]2COC[C@@H]1CN(C(=O)c1cccc(=O)[nH]1)C2. The first kappa shape index (κ1) is 13.3. The highest BCUT2D eigenvalue weighted by Crippen LogP contribution is 2.19. The summed E-state index contributed by atoms with van der Waals surface area (Å²) >= 11 is 0. The molecule has 0 aromatic carbocycles. The minimum atomic E-state index is -0.244. The Bertz CT molecular complexity index is 557. The third-order valence-corrected chi connectivity index (χ3v) is 4.03. The molecule has 2 fully saturated rings. The van der Waals surface area contributed by atoms with E-state index in [1.54, 1.807) is 12.1 Å². The average Bonchev–Trinajstić information content (AvgIpc) is 2.66. The van der Waals surface area contributed by atoms with Crippen LogP contribution in [0.25, 0.3) is 0 Å². The molecule has 1 aromatic rings. The molecule has 2 aliphatic rings. The molecule has 0 aliphatic carbocycles. The van der Waals surface area contributed by atoms with E-state index in [0.29, 0.717) is 37.9 Å². The van der Waals surface area contributed by atoms with Crippen LogP contribution in [0.3, 0.4) is 0 Å². The van der Waals surface area contributed by atoms with Gasteiger partial charge in [0.1, 0.15) is 5.69 Å². The summed E-state index contributed by atoms with van der Waals surface area (Å²) in [6.45, 7) is 3.61. The van der Waals surface area contributed by atoms with Gasteiger partial charge >= 0.3 is 0 Å². The quantitative estimate of drug-likeness (QED) is 0.770. The van der Waals surface area contributed by atoms with Crippen LogP contribution in [0.4, 0.5) is 0 Å². The molecule has 2 atom stereocenters. The molecule has 2 aliphatic heterocycles. The van der Waals surface area contributed by atoms with Crippen molar-refractivity contribution in [1.29, 1.82) is 0 Å². The topological polar surface area (TPSA) is 65.6 Å². The summed E-state index contributed by atoms with van der Waals surface area (Å²) in [6, 6.07) is 4.90. The number of pyridine rings is 1. The number of amides is 1. The van der Waals surface area contributed by atoms with E-state index in [-0.39, 0.29) is 17.5 Å². The second kappa shape index (κ2) is 5.38. The van der Waals surface area contributed by atoms with Crippen molar-refractivity contribution in [3.8, 4) is 0 Å². The molecule has 2 saturated heterocycles. The van der Waals surface area contributed by atoms with Crippen LogP contribution in [0.5, 0.6) is 0 Å². The van der Waals surface area contributed by atoms with Crippen molar-refractivity contribution in [2.75, 3.05) is 39.9 Å². The maximum Gasteiger partial charge on any atom is 0.270 e. The van der Waals surface area contributed by atoms with Crippen molar-refractivity contribution < 1.29 is 9.53 Å². The minimum absolute atomic E-state index is 0.102. The summed E-state index contributed by atoms with van der Waals surface area (Å²) in [7, 11) is 2.07. The Hall–Kier alpha value is -1.66. The first-order valence-corrected chi connectivity index (χ1v) is 6.90. The number of aromatic nitrogens is 1. The summed E-state index contributed by atoms with van der Waals surface area (Å²) in [5.41, 5.74) is 0.118. The highest BCUT2D eigenvalue weighted by Gasteiger charge is 2.33. The number of hydrogen-bond acceptors (Lipinski definition) is 4. The van der Waals surface area contributed by atoms with Crippen molar-refractivity contribution in [1.82, 2.24) is 14.8 Å². The Morgan fingerprint density at radius 3 is 2.95 bits per heavy atom. The van der Waals surface area contributed by atoms with Crippen LogP contribution in [0, 0.1) is 5.92 Å². The Morgan fingerprint density at radius 2 is 2.15 bits per heavy atom. The van der Waals surface area contributed by atoms with Gasteiger partial charge in [-0.25, -0.2) is 0 Å². The van der Waals surface area contributed by atoms with Crippen LogP contribution in [-0.2, 0) is 4.74 Å². The van der Waals surface area contributed by atoms with Gasteiger partial charge in [0.2, 0.25) is 5.56 Å². The second-order valence-corrected chi connectivity index (χ2v) is 5.64. The molecule has 3 heterocycles. The number of likely N-dealkylation sites (N-methyl/N-ethyl adjacent to an activating group) is 1. The lowest BCUT2D eigenvalue weighted by molar-refractivity contribution is 0.0430. The molecule has 1 amide bonds. The molecular formula is C14H19N3O3. The first-order chi connectivity index (χ1) is 9.63. The highest BCUT2D eigenvalue weighted by atomic mass is 16.5. The third kappa shape index (κ3) is 2.62. The van der Waals surface area contributed by atoms with Gasteiger partial charge in [0, 0.05) is 31.6 Å². The fraction of sp³-hybridized carbons (Fsp3) is 0.571. The van der Waals surface area contributed by atoms with E-state index in [1.165, 1.54) is 6.07 Å². The molecule has 6 nitrogen and oxygen atoms in total. The number of rotatable bonds is 1. The molecule has 0 radical (unpaired) electrons. The van der Waals surface area contributed by atoms with E-state index in [4.69, 9.17) is 4.74 Å². The highest BCUT2D eigenvalue weighted by molar-refractivity contribution is 5.92. The Morgan fingerprint density at radius 1 is 1.30 bits per heavy atom. The van der Waals surface area contributed by atoms with E-state index in [0.717, 1.165) is 6.54 Å². The zero-order chi connectivity index (χ0) is 14.1. The summed E-state index contributed by atoms with van der Waals surface area (Å²) in [5.74, 6) is 0.224. The fourth-order valence-corrected chi connectivity index (χ4v) is 2.96. The number of aromatic amines is 1. The molecular weight excluding hydrogens is 258 g/mol. The van der Waals surface area contributed by atoms with Gasteiger partial charge in [-0.2, -0.15) is 0 Å². The summed E-state index contributed by atoms with van der Waals surface area (Å²) < 4.78 is 5.65. The molecule has 108 valence electrons. The largest absolute Gasteiger partial charge is 0.379 e. The van der Waals surface area contributed by atoms with E-state index in [2.05, 4.69) is 16.9 Å². The molecule has 2 bridgehead atoms. The number of hydrogen-bond donors (Lipinski definition) is 1. The zero-order valence-electron chi connectivity index (χ0n) is 11.5. The number of carbonyl (C=O) groups excluding carboxylic acids is 1. The standard InChI is InChI=1S/C14H19N3O3/c1-16-5-10-6-17(7-11(16)9-20-8-10)14(19)12-3-2-4-13(18)15-12/h2-4,10-11H,5-9H2,1H3,(H,15,18)/t10-,11+/m1/s1. The van der Waals surface area contributed by atoms with E-state index < -0.39 is 0 Å². The van der Waals surface area contributed by atoms with Gasteiger partial charge in [0.05, 0.1) is 19.3 Å². The summed E-state index contributed by atoms with van der Waals surface area (Å²) in [4.78, 5) is 30.6. The third-order valence-electron chi connectivity index (χ3n) is 4.03. The first-order valence-electron chi connectivity index (χ1n) is 6.90. The average molecular weight is 277 g/mol. The number of nitrogens with zero attached hydrogens (tertiary/aromatic N) is 2.